The largest absolute Gasteiger partial charge is 0.508 e. The first-order chi connectivity index (χ1) is 21.2. The molecule has 0 spiro atoms. The van der Waals surface area contributed by atoms with Crippen LogP contribution in [0.25, 0.3) is 16.9 Å². The summed E-state index contributed by atoms with van der Waals surface area (Å²) in [4.78, 5) is 40.7. The number of fused-ring (bicyclic) bond motifs is 3. The van der Waals surface area contributed by atoms with Crippen molar-refractivity contribution in [1.29, 1.82) is 0 Å². The van der Waals surface area contributed by atoms with E-state index < -0.39 is 111 Å². The number of Topliss-reactive ketones (excluding diaryl/α,β-unsaturated/α-hetero) is 2. The molecular formula is C30H27F6N3O7. The fourth-order valence-corrected chi connectivity index (χ4v) is 6.89. The van der Waals surface area contributed by atoms with Crippen molar-refractivity contribution >= 4 is 23.2 Å². The molecule has 16 heteroatoms. The van der Waals surface area contributed by atoms with E-state index in [9.17, 15) is 61.2 Å². The number of aliphatic hydroxyl groups is 3. The molecule has 8 N–H and O–H groups in total. The summed E-state index contributed by atoms with van der Waals surface area (Å²) >= 11 is 0. The number of phenols is 1. The molecule has 0 aliphatic heterocycles. The normalized spacial score (nSPS) is 25.1. The summed E-state index contributed by atoms with van der Waals surface area (Å²) < 4.78 is 82.5. The van der Waals surface area contributed by atoms with Crippen LogP contribution in [0.4, 0.5) is 26.3 Å². The lowest BCUT2D eigenvalue weighted by Gasteiger charge is -2.50. The molecule has 1 saturated carbocycles. The van der Waals surface area contributed by atoms with Crippen molar-refractivity contribution in [3.63, 3.8) is 0 Å². The molecule has 1 amide bonds. The van der Waals surface area contributed by atoms with E-state index in [0.29, 0.717) is 12.1 Å². The van der Waals surface area contributed by atoms with Gasteiger partial charge in [-0.1, -0.05) is 0 Å². The molecule has 4 atom stereocenters. The van der Waals surface area contributed by atoms with Crippen molar-refractivity contribution in [2.24, 2.45) is 23.3 Å². The van der Waals surface area contributed by atoms with Gasteiger partial charge < -0.3 is 31.9 Å². The number of nitrogens with zero attached hydrogens (tertiary/aromatic N) is 1. The second-order valence-corrected chi connectivity index (χ2v) is 11.7. The van der Waals surface area contributed by atoms with Gasteiger partial charge in [0.25, 0.3) is 5.91 Å². The first-order valence-electron chi connectivity index (χ1n) is 13.7. The van der Waals surface area contributed by atoms with Crippen LogP contribution < -0.4 is 11.5 Å². The summed E-state index contributed by atoms with van der Waals surface area (Å²) in [5.41, 5.74) is 1.54. The standard InChI is InChI=1S/C30H27F6N3O7/c1-39(2)21-17-7-11-5-16-15(10-3-13(29(31,32)33)8-14(4-10)30(34,35)36)6-12(9-37)22(40)19(16)23(41)18(11)25(43)28(17,46)26(44)20(24(21)42)27(38)45/h3-4,6,8,11,17,21,40-41,44,46H,5,7,9,37H2,1-2H3,(H2,38,45)/t11-,17-,21-,28-/m0/s1. The van der Waals surface area contributed by atoms with E-state index in [1.807, 2.05) is 0 Å². The number of carbonyl (C=O) groups excluding carboxylic acids is 3. The fraction of sp³-hybridized carbons (Fsp3) is 0.367. The van der Waals surface area contributed by atoms with Crippen molar-refractivity contribution in [1.82, 2.24) is 4.90 Å². The van der Waals surface area contributed by atoms with Crippen molar-refractivity contribution in [3.05, 3.63) is 69.0 Å². The average Bonchev–Trinajstić information content (AvgIpc) is 2.93. The van der Waals surface area contributed by atoms with Gasteiger partial charge in [-0.25, -0.2) is 0 Å². The minimum absolute atomic E-state index is 0.0574. The minimum Gasteiger partial charge on any atom is -0.508 e. The van der Waals surface area contributed by atoms with Gasteiger partial charge in [0, 0.05) is 23.6 Å². The zero-order valence-corrected chi connectivity index (χ0v) is 24.0. The number of carbonyl (C=O) groups is 3. The number of hydrogen-bond acceptors (Lipinski definition) is 9. The van der Waals surface area contributed by atoms with E-state index in [2.05, 4.69) is 0 Å². The van der Waals surface area contributed by atoms with Gasteiger partial charge in [0.15, 0.2) is 11.4 Å². The van der Waals surface area contributed by atoms with E-state index in [1.54, 1.807) is 0 Å². The van der Waals surface area contributed by atoms with Crippen LogP contribution in [0.15, 0.2) is 41.2 Å². The maximum absolute atomic E-state index is 14.0. The van der Waals surface area contributed by atoms with E-state index in [1.165, 1.54) is 19.0 Å². The monoisotopic (exact) mass is 655 g/mol. The van der Waals surface area contributed by atoms with Crippen molar-refractivity contribution < 1.29 is 61.2 Å². The molecular weight excluding hydrogens is 628 g/mol. The Balaban J connectivity index is 1.81. The smallest absolute Gasteiger partial charge is 0.416 e. The quantitative estimate of drug-likeness (QED) is 0.213. The summed E-state index contributed by atoms with van der Waals surface area (Å²) in [5, 5.41) is 45.2. The molecule has 0 aromatic heterocycles. The third-order valence-corrected chi connectivity index (χ3v) is 8.92. The van der Waals surface area contributed by atoms with Gasteiger partial charge in [-0.3, -0.25) is 19.3 Å². The average molecular weight is 656 g/mol. The molecule has 3 aliphatic rings. The van der Waals surface area contributed by atoms with Gasteiger partial charge in [0.1, 0.15) is 22.8 Å². The van der Waals surface area contributed by atoms with Gasteiger partial charge in [-0.05, 0) is 73.8 Å². The van der Waals surface area contributed by atoms with E-state index in [0.717, 1.165) is 6.07 Å². The number of hydrogen-bond donors (Lipinski definition) is 6. The summed E-state index contributed by atoms with van der Waals surface area (Å²) in [6, 6.07) is 0.572. The molecule has 0 unspecified atom stereocenters. The van der Waals surface area contributed by atoms with Crippen LogP contribution >= 0.6 is 0 Å². The molecule has 3 aliphatic carbocycles. The maximum Gasteiger partial charge on any atom is 0.416 e. The number of aromatic hydroxyl groups is 1. The molecule has 2 aromatic rings. The van der Waals surface area contributed by atoms with Crippen LogP contribution in [0.3, 0.4) is 0 Å². The maximum atomic E-state index is 14.0. The van der Waals surface area contributed by atoms with Crippen molar-refractivity contribution in [2.45, 2.75) is 43.4 Å². The summed E-state index contributed by atoms with van der Waals surface area (Å²) in [7, 11) is 2.79. The lowest BCUT2D eigenvalue weighted by Crippen LogP contribution is -2.65. The highest BCUT2D eigenvalue weighted by Gasteiger charge is 2.64. The number of nitrogens with two attached hydrogens (primary N) is 2. The SMILES string of the molecule is CN(C)[C@@H]1C(=O)C(C(N)=O)=C(O)[C@@]2(O)C(=O)C3=C(O)c4c(O)c(CN)cc(-c5cc(C(F)(F)F)cc(C(F)(F)F)c5)c4C[C@H]3C[C@@H]12. The number of phenolic OH excluding ortho intramolecular Hbond substituents is 1. The van der Waals surface area contributed by atoms with E-state index >= 15 is 0 Å². The summed E-state index contributed by atoms with van der Waals surface area (Å²) in [6.45, 7) is -0.499. The molecule has 0 bridgehead atoms. The highest BCUT2D eigenvalue weighted by Crippen LogP contribution is 2.54. The molecule has 10 nitrogen and oxygen atoms in total. The van der Waals surface area contributed by atoms with Gasteiger partial charge in [0.2, 0.25) is 5.78 Å². The van der Waals surface area contributed by atoms with E-state index in [-0.39, 0.29) is 35.6 Å². The second kappa shape index (κ2) is 10.6. The predicted molar refractivity (Wildman–Crippen MR) is 148 cm³/mol. The van der Waals surface area contributed by atoms with Crippen LogP contribution in [0.2, 0.25) is 0 Å². The Morgan fingerprint density at radius 3 is 2.04 bits per heavy atom. The number of halogens is 6. The van der Waals surface area contributed by atoms with Crippen LogP contribution in [0.5, 0.6) is 5.75 Å². The Bertz CT molecular complexity index is 1750. The predicted octanol–water partition coefficient (Wildman–Crippen LogP) is 3.13. The third-order valence-electron chi connectivity index (χ3n) is 8.92. The zero-order valence-electron chi connectivity index (χ0n) is 24.0. The van der Waals surface area contributed by atoms with Crippen molar-refractivity contribution in [3.8, 4) is 16.9 Å². The van der Waals surface area contributed by atoms with Gasteiger partial charge in [-0.2, -0.15) is 26.3 Å². The molecule has 1 fully saturated rings. The second-order valence-electron chi connectivity index (χ2n) is 11.7. The molecule has 0 saturated heterocycles. The minimum atomic E-state index is -5.19. The first-order valence-corrected chi connectivity index (χ1v) is 13.7. The van der Waals surface area contributed by atoms with E-state index in [4.69, 9.17) is 11.5 Å². The number of benzene rings is 2. The highest BCUT2D eigenvalue weighted by molar-refractivity contribution is 6.24. The first kappa shape index (κ1) is 33.0. The molecule has 246 valence electrons. The number of likely N-dealkylation sites (N-methyl/N-ethyl adjacent to an activating group) is 1. The van der Waals surface area contributed by atoms with Crippen LogP contribution in [0.1, 0.15) is 34.2 Å². The van der Waals surface area contributed by atoms with Crippen LogP contribution in [-0.4, -0.2) is 68.5 Å². The molecule has 46 heavy (non-hydrogen) atoms. The lowest BCUT2D eigenvalue weighted by molar-refractivity contribution is -0.153. The lowest BCUT2D eigenvalue weighted by atomic mass is 9.57. The molecule has 0 heterocycles. The zero-order chi connectivity index (χ0) is 34.4. The summed E-state index contributed by atoms with van der Waals surface area (Å²) in [5.74, 6) is -9.38. The van der Waals surface area contributed by atoms with Gasteiger partial charge in [0.05, 0.1) is 22.7 Å². The molecule has 5 rings (SSSR count). The number of primary amides is 1. The number of amides is 1. The van der Waals surface area contributed by atoms with Crippen molar-refractivity contribution in [2.75, 3.05) is 14.1 Å². The Labute approximate surface area is 256 Å². The fourth-order valence-electron chi connectivity index (χ4n) is 6.89. The Hall–Kier alpha value is -4.41. The Kier molecular flexibility index (Phi) is 7.57. The number of aliphatic hydroxyl groups excluding tert-OH is 2. The molecule has 0 radical (unpaired) electrons. The Morgan fingerprint density at radius 2 is 1.57 bits per heavy atom. The third kappa shape index (κ3) is 4.73. The topological polar surface area (TPSA) is 187 Å². The van der Waals surface area contributed by atoms with Gasteiger partial charge in [-0.15, -0.1) is 0 Å². The number of rotatable bonds is 4. The summed E-state index contributed by atoms with van der Waals surface area (Å²) in [6.07, 6.45) is -11.1. The van der Waals surface area contributed by atoms with Crippen LogP contribution in [0, 0.1) is 11.8 Å². The van der Waals surface area contributed by atoms with Crippen LogP contribution in [-0.2, 0) is 39.7 Å². The highest BCUT2D eigenvalue weighted by atomic mass is 19.4. The number of ketones is 2. The molecule has 2 aromatic carbocycles. The van der Waals surface area contributed by atoms with Gasteiger partial charge >= 0.3 is 12.4 Å². The number of alkyl halides is 6. The Morgan fingerprint density at radius 1 is 1.00 bits per heavy atom.